The summed E-state index contributed by atoms with van der Waals surface area (Å²) >= 11 is 6.04. The Morgan fingerprint density at radius 3 is 2.39 bits per heavy atom. The van der Waals surface area contributed by atoms with Crippen molar-refractivity contribution in [1.82, 2.24) is 4.31 Å². The van der Waals surface area contributed by atoms with Gasteiger partial charge in [-0.05, 0) is 49.2 Å². The lowest BCUT2D eigenvalue weighted by Gasteiger charge is -2.19. The van der Waals surface area contributed by atoms with E-state index in [0.717, 1.165) is 11.3 Å². The standard InChI is InChI=1S/C17H20ClNO3S/c1-4-22-15-10-8-14(9-11-15)12-19(3)23(20,21)17-7-5-6-16(18)13(17)2/h5-11H,4,12H2,1-3H3. The molecule has 2 aromatic rings. The number of benzene rings is 2. The predicted octanol–water partition coefficient (Wildman–Crippen LogP) is 3.87. The molecule has 124 valence electrons. The third kappa shape index (κ3) is 4.05. The van der Waals surface area contributed by atoms with Gasteiger partial charge in [0.05, 0.1) is 11.5 Å². The lowest BCUT2D eigenvalue weighted by molar-refractivity contribution is 0.340. The molecule has 0 atom stereocenters. The highest BCUT2D eigenvalue weighted by Gasteiger charge is 2.23. The maximum atomic E-state index is 12.7. The molecule has 0 saturated heterocycles. The largest absolute Gasteiger partial charge is 0.494 e. The molecule has 4 nitrogen and oxygen atoms in total. The molecule has 0 aromatic heterocycles. The third-order valence-electron chi connectivity index (χ3n) is 3.55. The highest BCUT2D eigenvalue weighted by Crippen LogP contribution is 2.26. The highest BCUT2D eigenvalue weighted by atomic mass is 35.5. The molecule has 0 amide bonds. The van der Waals surface area contributed by atoms with Crippen molar-refractivity contribution in [2.45, 2.75) is 25.3 Å². The number of ether oxygens (including phenoxy) is 1. The van der Waals surface area contributed by atoms with Crippen LogP contribution in [0, 0.1) is 6.92 Å². The third-order valence-corrected chi connectivity index (χ3v) is 5.90. The number of rotatable bonds is 6. The molecule has 0 aliphatic heterocycles. The minimum absolute atomic E-state index is 0.235. The molecule has 0 fully saturated rings. The first-order chi connectivity index (χ1) is 10.9. The van der Waals surface area contributed by atoms with E-state index in [1.165, 1.54) is 4.31 Å². The maximum Gasteiger partial charge on any atom is 0.243 e. The zero-order chi connectivity index (χ0) is 17.0. The normalized spacial score (nSPS) is 11.7. The van der Waals surface area contributed by atoms with Gasteiger partial charge in [-0.15, -0.1) is 0 Å². The lowest BCUT2D eigenvalue weighted by atomic mass is 10.2. The maximum absolute atomic E-state index is 12.7. The fourth-order valence-electron chi connectivity index (χ4n) is 2.23. The van der Waals surface area contributed by atoms with Crippen LogP contribution in [0.1, 0.15) is 18.1 Å². The van der Waals surface area contributed by atoms with Crippen LogP contribution in [0.15, 0.2) is 47.4 Å². The van der Waals surface area contributed by atoms with Gasteiger partial charge < -0.3 is 4.74 Å². The summed E-state index contributed by atoms with van der Waals surface area (Å²) in [6.45, 7) is 4.50. The summed E-state index contributed by atoms with van der Waals surface area (Å²) in [5, 5.41) is 0.445. The van der Waals surface area contributed by atoms with Crippen LogP contribution in [-0.2, 0) is 16.6 Å². The topological polar surface area (TPSA) is 46.6 Å². The van der Waals surface area contributed by atoms with Gasteiger partial charge in [0.2, 0.25) is 10.0 Å². The van der Waals surface area contributed by atoms with E-state index in [1.807, 2.05) is 31.2 Å². The van der Waals surface area contributed by atoms with Gasteiger partial charge >= 0.3 is 0 Å². The van der Waals surface area contributed by atoms with Crippen LogP contribution >= 0.6 is 11.6 Å². The van der Waals surface area contributed by atoms with Crippen LogP contribution < -0.4 is 4.74 Å². The van der Waals surface area contributed by atoms with Crippen molar-refractivity contribution < 1.29 is 13.2 Å². The van der Waals surface area contributed by atoms with Crippen molar-refractivity contribution in [1.29, 1.82) is 0 Å². The molecule has 2 aromatic carbocycles. The summed E-state index contributed by atoms with van der Waals surface area (Å²) in [6.07, 6.45) is 0. The molecule has 0 radical (unpaired) electrons. The van der Waals surface area contributed by atoms with Crippen LogP contribution in [-0.4, -0.2) is 26.4 Å². The molecule has 2 rings (SSSR count). The Morgan fingerprint density at radius 1 is 1.13 bits per heavy atom. The van der Waals surface area contributed by atoms with Crippen molar-refractivity contribution in [3.8, 4) is 5.75 Å². The van der Waals surface area contributed by atoms with E-state index in [-0.39, 0.29) is 11.4 Å². The Labute approximate surface area is 142 Å². The van der Waals surface area contributed by atoms with E-state index in [9.17, 15) is 8.42 Å². The average Bonchev–Trinajstić information content (AvgIpc) is 2.52. The second-order valence-electron chi connectivity index (χ2n) is 5.20. The Morgan fingerprint density at radius 2 is 1.78 bits per heavy atom. The van der Waals surface area contributed by atoms with Gasteiger partial charge in [0.15, 0.2) is 0 Å². The van der Waals surface area contributed by atoms with Gasteiger partial charge in [0, 0.05) is 18.6 Å². The molecule has 0 N–H and O–H groups in total. The summed E-state index contributed by atoms with van der Waals surface area (Å²) < 4.78 is 32.1. The number of hydrogen-bond donors (Lipinski definition) is 0. The highest BCUT2D eigenvalue weighted by molar-refractivity contribution is 7.89. The molecule has 0 aliphatic rings. The number of hydrogen-bond acceptors (Lipinski definition) is 3. The molecule has 0 unspecified atom stereocenters. The number of sulfonamides is 1. The fraction of sp³-hybridized carbons (Fsp3) is 0.294. The van der Waals surface area contributed by atoms with Crippen molar-refractivity contribution in [2.24, 2.45) is 0 Å². The van der Waals surface area contributed by atoms with E-state index in [2.05, 4.69) is 0 Å². The molecule has 6 heteroatoms. The zero-order valence-corrected chi connectivity index (χ0v) is 15.0. The summed E-state index contributed by atoms with van der Waals surface area (Å²) in [6, 6.07) is 12.3. The molecule has 0 bridgehead atoms. The molecular formula is C17H20ClNO3S. The molecule has 23 heavy (non-hydrogen) atoms. The van der Waals surface area contributed by atoms with Gasteiger partial charge in [0.25, 0.3) is 0 Å². The van der Waals surface area contributed by atoms with Crippen molar-refractivity contribution >= 4 is 21.6 Å². The van der Waals surface area contributed by atoms with Crippen LogP contribution in [0.3, 0.4) is 0 Å². The smallest absolute Gasteiger partial charge is 0.243 e. The monoisotopic (exact) mass is 353 g/mol. The summed E-state index contributed by atoms with van der Waals surface area (Å²) in [4.78, 5) is 0.235. The quantitative estimate of drug-likeness (QED) is 0.792. The SMILES string of the molecule is CCOc1ccc(CN(C)S(=O)(=O)c2cccc(Cl)c2C)cc1. The molecule has 0 heterocycles. The molecule has 0 saturated carbocycles. The van der Waals surface area contributed by atoms with Gasteiger partial charge in [-0.25, -0.2) is 8.42 Å². The Hall–Kier alpha value is -1.56. The summed E-state index contributed by atoms with van der Waals surface area (Å²) in [5.41, 5.74) is 1.45. The minimum Gasteiger partial charge on any atom is -0.494 e. The van der Waals surface area contributed by atoms with Crippen molar-refractivity contribution in [2.75, 3.05) is 13.7 Å². The summed E-state index contributed by atoms with van der Waals surface area (Å²) in [7, 11) is -2.03. The van der Waals surface area contributed by atoms with Gasteiger partial charge in [0.1, 0.15) is 5.75 Å². The van der Waals surface area contributed by atoms with E-state index >= 15 is 0 Å². The van der Waals surface area contributed by atoms with Crippen LogP contribution in [0.4, 0.5) is 0 Å². The van der Waals surface area contributed by atoms with Crippen molar-refractivity contribution in [3.63, 3.8) is 0 Å². The van der Waals surface area contributed by atoms with Crippen LogP contribution in [0.2, 0.25) is 5.02 Å². The Balaban J connectivity index is 2.21. The minimum atomic E-state index is -3.59. The van der Waals surface area contributed by atoms with E-state index in [4.69, 9.17) is 16.3 Å². The fourth-order valence-corrected chi connectivity index (χ4v) is 3.87. The van der Waals surface area contributed by atoms with Crippen LogP contribution in [0.5, 0.6) is 5.75 Å². The molecule has 0 aliphatic carbocycles. The number of nitrogens with zero attached hydrogens (tertiary/aromatic N) is 1. The molecule has 0 spiro atoms. The van der Waals surface area contributed by atoms with Gasteiger partial charge in [-0.3, -0.25) is 0 Å². The predicted molar refractivity (Wildman–Crippen MR) is 92.5 cm³/mol. The first-order valence-electron chi connectivity index (χ1n) is 7.29. The lowest BCUT2D eigenvalue weighted by Crippen LogP contribution is -2.27. The van der Waals surface area contributed by atoms with Gasteiger partial charge in [-0.1, -0.05) is 29.8 Å². The zero-order valence-electron chi connectivity index (χ0n) is 13.4. The van der Waals surface area contributed by atoms with E-state index in [0.29, 0.717) is 17.2 Å². The second kappa shape index (κ2) is 7.34. The molecular weight excluding hydrogens is 334 g/mol. The van der Waals surface area contributed by atoms with Crippen molar-refractivity contribution in [3.05, 3.63) is 58.6 Å². The van der Waals surface area contributed by atoms with E-state index < -0.39 is 10.0 Å². The average molecular weight is 354 g/mol. The van der Waals surface area contributed by atoms with Gasteiger partial charge in [-0.2, -0.15) is 4.31 Å². The Bertz CT molecular complexity index is 773. The first-order valence-corrected chi connectivity index (χ1v) is 9.11. The Kier molecular flexibility index (Phi) is 5.68. The van der Waals surface area contributed by atoms with Crippen LogP contribution in [0.25, 0.3) is 0 Å². The first kappa shape index (κ1) is 17.8. The number of halogens is 1. The second-order valence-corrected chi connectivity index (χ2v) is 7.62. The summed E-state index contributed by atoms with van der Waals surface area (Å²) in [5.74, 6) is 0.771. The van der Waals surface area contributed by atoms with E-state index in [1.54, 1.807) is 32.2 Å².